The number of carbonyl (C=O) groups excluding carboxylic acids is 1. The van der Waals surface area contributed by atoms with Crippen molar-refractivity contribution in [2.45, 2.75) is 0 Å². The fourth-order valence-corrected chi connectivity index (χ4v) is 1.68. The fourth-order valence-electron chi connectivity index (χ4n) is 1.68. The van der Waals surface area contributed by atoms with Gasteiger partial charge in [0.25, 0.3) is 0 Å². The Balaban J connectivity index is 2.24. The Morgan fingerprint density at radius 3 is 2.84 bits per heavy atom. The highest BCUT2D eigenvalue weighted by Gasteiger charge is 2.09. The summed E-state index contributed by atoms with van der Waals surface area (Å²) in [6, 6.07) is 8.79. The summed E-state index contributed by atoms with van der Waals surface area (Å²) in [4.78, 5) is 10.6. The first-order valence-corrected chi connectivity index (χ1v) is 5.65. The molecule has 19 heavy (non-hydrogen) atoms. The summed E-state index contributed by atoms with van der Waals surface area (Å²) in [5.74, 6) is 0. The van der Waals surface area contributed by atoms with E-state index in [1.807, 2.05) is 30.3 Å². The molecule has 4 N–H and O–H groups in total. The highest BCUT2D eigenvalue weighted by Crippen LogP contribution is 2.23. The van der Waals surface area contributed by atoms with Crippen molar-refractivity contribution in [2.75, 3.05) is 18.4 Å². The van der Waals surface area contributed by atoms with Gasteiger partial charge in [0.2, 0.25) is 0 Å². The molecule has 2 rings (SSSR count). The summed E-state index contributed by atoms with van der Waals surface area (Å²) >= 11 is 0. The average molecular weight is 256 g/mol. The van der Waals surface area contributed by atoms with E-state index in [1.54, 1.807) is 0 Å². The number of urea groups is 1. The van der Waals surface area contributed by atoms with Gasteiger partial charge in [0.15, 0.2) is 5.69 Å². The van der Waals surface area contributed by atoms with Crippen LogP contribution in [0.2, 0.25) is 0 Å². The van der Waals surface area contributed by atoms with Gasteiger partial charge in [-0.3, -0.25) is 0 Å². The number of hydrogen-bond acceptors (Lipinski definition) is 5. The van der Waals surface area contributed by atoms with Crippen molar-refractivity contribution in [1.82, 2.24) is 15.5 Å². The van der Waals surface area contributed by atoms with Gasteiger partial charge in [-0.1, -0.05) is 18.2 Å². The van der Waals surface area contributed by atoms with Gasteiger partial charge < -0.3 is 16.4 Å². The van der Waals surface area contributed by atoms with Crippen LogP contribution in [-0.4, -0.2) is 29.3 Å². The number of carbonyl (C=O) groups is 1. The lowest BCUT2D eigenvalue weighted by Crippen LogP contribution is -2.33. The van der Waals surface area contributed by atoms with Crippen molar-refractivity contribution in [1.29, 1.82) is 5.26 Å². The summed E-state index contributed by atoms with van der Waals surface area (Å²) < 4.78 is 0. The highest BCUT2D eigenvalue weighted by atomic mass is 16.2. The van der Waals surface area contributed by atoms with E-state index < -0.39 is 6.03 Å². The van der Waals surface area contributed by atoms with Crippen LogP contribution < -0.4 is 16.4 Å². The van der Waals surface area contributed by atoms with Crippen LogP contribution in [0.15, 0.2) is 24.3 Å². The molecule has 0 aliphatic heterocycles. The van der Waals surface area contributed by atoms with Gasteiger partial charge >= 0.3 is 6.03 Å². The fraction of sp³-hybridized carbons (Fsp3) is 0.167. The maximum Gasteiger partial charge on any atom is 0.312 e. The zero-order valence-corrected chi connectivity index (χ0v) is 10.1. The van der Waals surface area contributed by atoms with E-state index in [1.165, 1.54) is 0 Å². The SMILES string of the molecule is N#Cc1nnc2ccccc2c1NCCNC(N)=O. The molecule has 0 atom stereocenters. The van der Waals surface area contributed by atoms with E-state index >= 15 is 0 Å². The molecule has 0 fully saturated rings. The Hall–Kier alpha value is -2.88. The van der Waals surface area contributed by atoms with E-state index in [2.05, 4.69) is 20.8 Å². The van der Waals surface area contributed by atoms with Crippen molar-refractivity contribution in [3.63, 3.8) is 0 Å². The molecule has 1 aromatic carbocycles. The summed E-state index contributed by atoms with van der Waals surface area (Å²) in [7, 11) is 0. The molecule has 1 heterocycles. The van der Waals surface area contributed by atoms with Gasteiger partial charge in [-0.2, -0.15) is 5.26 Å². The maximum atomic E-state index is 10.6. The minimum Gasteiger partial charge on any atom is -0.380 e. The topological polar surface area (TPSA) is 117 Å². The molecule has 0 aliphatic rings. The number of benzene rings is 1. The van der Waals surface area contributed by atoms with Crippen LogP contribution in [0.4, 0.5) is 10.5 Å². The third kappa shape index (κ3) is 2.87. The van der Waals surface area contributed by atoms with Crippen molar-refractivity contribution in [3.8, 4) is 6.07 Å². The van der Waals surface area contributed by atoms with Gasteiger partial charge in [-0.15, -0.1) is 10.2 Å². The number of anilines is 1. The van der Waals surface area contributed by atoms with E-state index in [0.29, 0.717) is 24.3 Å². The van der Waals surface area contributed by atoms with Crippen LogP contribution in [0, 0.1) is 11.3 Å². The normalized spacial score (nSPS) is 9.84. The molecule has 0 saturated heterocycles. The monoisotopic (exact) mass is 256 g/mol. The minimum absolute atomic E-state index is 0.220. The van der Waals surface area contributed by atoms with Crippen molar-refractivity contribution < 1.29 is 4.79 Å². The van der Waals surface area contributed by atoms with Crippen molar-refractivity contribution in [3.05, 3.63) is 30.0 Å². The molecule has 2 amide bonds. The first kappa shape index (κ1) is 12.6. The molecular weight excluding hydrogens is 244 g/mol. The molecule has 1 aromatic heterocycles. The average Bonchev–Trinajstić information content (AvgIpc) is 2.43. The van der Waals surface area contributed by atoms with E-state index in [-0.39, 0.29) is 5.69 Å². The van der Waals surface area contributed by atoms with Gasteiger partial charge in [0, 0.05) is 18.5 Å². The molecule has 7 nitrogen and oxygen atoms in total. The predicted octanol–water partition coefficient (Wildman–Crippen LogP) is 0.582. The van der Waals surface area contributed by atoms with Gasteiger partial charge in [-0.25, -0.2) is 4.79 Å². The minimum atomic E-state index is -0.583. The molecular formula is C12H12N6O. The second kappa shape index (κ2) is 5.64. The lowest BCUT2D eigenvalue weighted by Gasteiger charge is -2.10. The number of hydrogen-bond donors (Lipinski definition) is 3. The van der Waals surface area contributed by atoms with E-state index in [0.717, 1.165) is 5.39 Å². The molecule has 7 heteroatoms. The molecule has 0 aliphatic carbocycles. The Morgan fingerprint density at radius 2 is 2.11 bits per heavy atom. The van der Waals surface area contributed by atoms with Gasteiger partial charge in [-0.05, 0) is 6.07 Å². The Kier molecular flexibility index (Phi) is 3.73. The van der Waals surface area contributed by atoms with Crippen LogP contribution in [-0.2, 0) is 0 Å². The second-order valence-corrected chi connectivity index (χ2v) is 3.77. The largest absolute Gasteiger partial charge is 0.380 e. The lowest BCUT2D eigenvalue weighted by atomic mass is 10.1. The standard InChI is InChI=1S/C12H12N6O/c13-7-10-11(15-5-6-16-12(14)19)8-3-1-2-4-9(8)17-18-10/h1-4H,5-6H2,(H,15,17)(H3,14,16,19). The van der Waals surface area contributed by atoms with Crippen molar-refractivity contribution >= 4 is 22.6 Å². The molecule has 96 valence electrons. The molecule has 0 saturated carbocycles. The summed E-state index contributed by atoms with van der Waals surface area (Å²) in [5.41, 5.74) is 6.50. The predicted molar refractivity (Wildman–Crippen MR) is 70.3 cm³/mol. The number of fused-ring (bicyclic) bond motifs is 1. The highest BCUT2D eigenvalue weighted by molar-refractivity contribution is 5.92. The second-order valence-electron chi connectivity index (χ2n) is 3.77. The quantitative estimate of drug-likeness (QED) is 0.692. The lowest BCUT2D eigenvalue weighted by molar-refractivity contribution is 0.249. The molecule has 0 bridgehead atoms. The maximum absolute atomic E-state index is 10.6. The summed E-state index contributed by atoms with van der Waals surface area (Å²) in [6.07, 6.45) is 0. The van der Waals surface area contributed by atoms with Gasteiger partial charge in [0.05, 0.1) is 11.2 Å². The number of primary amides is 1. The number of nitrogens with zero attached hydrogens (tertiary/aromatic N) is 3. The van der Waals surface area contributed by atoms with Crippen LogP contribution in [0.1, 0.15) is 5.69 Å². The summed E-state index contributed by atoms with van der Waals surface area (Å²) in [6.45, 7) is 0.796. The zero-order chi connectivity index (χ0) is 13.7. The van der Waals surface area contributed by atoms with Crippen LogP contribution in [0.5, 0.6) is 0 Å². The van der Waals surface area contributed by atoms with Crippen LogP contribution in [0.3, 0.4) is 0 Å². The van der Waals surface area contributed by atoms with Crippen LogP contribution >= 0.6 is 0 Å². The number of nitriles is 1. The molecule has 0 radical (unpaired) electrons. The summed E-state index contributed by atoms with van der Waals surface area (Å²) in [5, 5.41) is 23.2. The number of nitrogens with two attached hydrogens (primary N) is 1. The first-order valence-electron chi connectivity index (χ1n) is 5.65. The van der Waals surface area contributed by atoms with Crippen molar-refractivity contribution in [2.24, 2.45) is 5.73 Å². The number of rotatable bonds is 4. The third-order valence-corrected chi connectivity index (χ3v) is 2.50. The molecule has 0 spiro atoms. The number of nitrogens with one attached hydrogen (secondary N) is 2. The van der Waals surface area contributed by atoms with E-state index in [9.17, 15) is 4.79 Å². The smallest absolute Gasteiger partial charge is 0.312 e. The van der Waals surface area contributed by atoms with E-state index in [4.69, 9.17) is 11.0 Å². The first-order chi connectivity index (χ1) is 9.22. The van der Waals surface area contributed by atoms with Gasteiger partial charge in [0.1, 0.15) is 6.07 Å². The Labute approximate surface area is 109 Å². The Bertz CT molecular complexity index is 648. The molecule has 2 aromatic rings. The number of amides is 2. The molecule has 0 unspecified atom stereocenters. The number of aromatic nitrogens is 2. The van der Waals surface area contributed by atoms with Crippen LogP contribution in [0.25, 0.3) is 10.9 Å². The zero-order valence-electron chi connectivity index (χ0n) is 10.1. The third-order valence-electron chi connectivity index (χ3n) is 2.50. The Morgan fingerprint density at radius 1 is 1.32 bits per heavy atom.